The zero-order chi connectivity index (χ0) is 81.3. The number of aryl methyl sites for hydroxylation is 3. The van der Waals surface area contributed by atoms with Gasteiger partial charge in [0.25, 0.3) is 0 Å². The van der Waals surface area contributed by atoms with Gasteiger partial charge in [0.2, 0.25) is 23.6 Å². The highest BCUT2D eigenvalue weighted by Crippen LogP contribution is 2.41. The molecule has 0 unspecified atom stereocenters. The van der Waals surface area contributed by atoms with E-state index in [9.17, 15) is 81.5 Å². The Labute approximate surface area is 651 Å². The zero-order valence-corrected chi connectivity index (χ0v) is 62.5. The lowest BCUT2D eigenvalue weighted by molar-refractivity contribution is -0.138. The molecule has 0 saturated heterocycles. The number of rotatable bonds is 20. The summed E-state index contributed by atoms with van der Waals surface area (Å²) in [6.45, 7) is 6.67. The Morgan fingerprint density at radius 1 is 0.411 bits per heavy atom. The molecular weight excluding hydrogens is 1600 g/mol. The molecule has 11 rings (SSSR count). The number of ketones is 1. The summed E-state index contributed by atoms with van der Waals surface area (Å²) in [4.78, 5) is 79.4. The van der Waals surface area contributed by atoms with Gasteiger partial charge in [0.05, 0.1) is 70.9 Å². The van der Waals surface area contributed by atoms with Crippen molar-refractivity contribution in [2.75, 3.05) is 5.88 Å². The number of carboxylic acid groups (broad SMARTS) is 4. The summed E-state index contributed by atoms with van der Waals surface area (Å²) in [6, 6.07) is 46.5. The summed E-state index contributed by atoms with van der Waals surface area (Å²) in [5.41, 5.74) is 8.11. The fourth-order valence-corrected chi connectivity index (χ4v) is 12.6. The van der Waals surface area contributed by atoms with E-state index in [1.165, 1.54) is 94.7 Å². The summed E-state index contributed by atoms with van der Waals surface area (Å²) in [5.74, 6) is -3.34. The van der Waals surface area contributed by atoms with Crippen LogP contribution in [0.15, 0.2) is 243 Å². The third-order valence-electron chi connectivity index (χ3n) is 13.9. The number of alkyl halides is 13. The molecule has 0 aliphatic carbocycles. The molecule has 19 nitrogen and oxygen atoms in total. The first-order valence-electron chi connectivity index (χ1n) is 31.5. The summed E-state index contributed by atoms with van der Waals surface area (Å²) < 4.78 is 165. The van der Waals surface area contributed by atoms with E-state index in [2.05, 4.69) is 15.0 Å². The van der Waals surface area contributed by atoms with Crippen LogP contribution in [-0.2, 0) is 74.4 Å². The van der Waals surface area contributed by atoms with Crippen LogP contribution in [0.1, 0.15) is 78.9 Å². The first-order valence-corrected chi connectivity index (χ1v) is 35.8. The van der Waals surface area contributed by atoms with Crippen LogP contribution >= 0.6 is 56.7 Å². The quantitative estimate of drug-likeness (QED) is 0.0269. The van der Waals surface area contributed by atoms with Gasteiger partial charge in [0.15, 0.2) is 10.2 Å². The smallest absolute Gasteiger partial charge is 0.416 e. The number of benzene rings is 8. The standard InChI is InChI=1S/2C19H14F3NO3S.C16H14O4S2.C11H8F3NO.C8H6F3NO.C3H5ClO.2H2O/c2*1-11-18(27-15-4-2-3-12(9-15)10-16(24)25)26-17(23-11)13-5-7-14(8-6-13)19(20,21)22;17-15(18)9-11-3-1-5-13(7-11)21-22-14-6-2-4-12(8-14)10-16(19)20;1-7-6-16-10(15-7)8-2-4-9(5-3-8)11(12,13)14;9-8(10,11)6-3-1-5(2-4-6)7(12)13;1-3(5)2-4;;/h2*2-9H,10H2,1H3,(H,24,25);1-8H,9-10H2,(H,17,18)(H,19,20);2-6H,1H3;1-4H,(H2,12,13);2H2,1H3;2*1H2. The summed E-state index contributed by atoms with van der Waals surface area (Å²) in [5, 5.41) is 36.4. The lowest BCUT2D eigenvalue weighted by Crippen LogP contribution is -2.11. The van der Waals surface area contributed by atoms with Crippen LogP contribution in [0.5, 0.6) is 0 Å². The van der Waals surface area contributed by atoms with E-state index in [1.807, 2.05) is 48.5 Å². The molecule has 0 spiro atoms. The second-order valence-corrected chi connectivity index (χ2v) is 27.5. The Morgan fingerprint density at radius 2 is 0.679 bits per heavy atom. The zero-order valence-electron chi connectivity index (χ0n) is 58.5. The van der Waals surface area contributed by atoms with Gasteiger partial charge in [-0.2, -0.15) is 52.7 Å². The van der Waals surface area contributed by atoms with Crippen LogP contribution in [0.2, 0.25) is 0 Å². The van der Waals surface area contributed by atoms with Crippen LogP contribution in [0.25, 0.3) is 34.4 Å². The van der Waals surface area contributed by atoms with E-state index in [4.69, 9.17) is 51.0 Å². The van der Waals surface area contributed by atoms with Gasteiger partial charge in [-0.05, 0) is 196 Å². The van der Waals surface area contributed by atoms with Gasteiger partial charge in [0, 0.05) is 41.8 Å². The number of primary amides is 1. The maximum absolute atomic E-state index is 12.7. The van der Waals surface area contributed by atoms with Crippen LogP contribution in [0, 0.1) is 20.8 Å². The maximum Gasteiger partial charge on any atom is 0.416 e. The van der Waals surface area contributed by atoms with Crippen LogP contribution in [0.4, 0.5) is 52.7 Å². The number of halogens is 13. The topological polar surface area (TPSA) is 350 Å². The molecule has 0 atom stereocenters. The number of hydrogen-bond donors (Lipinski definition) is 5. The third kappa shape index (κ3) is 31.9. The highest BCUT2D eigenvalue weighted by atomic mass is 35.5. The van der Waals surface area contributed by atoms with Gasteiger partial charge < -0.3 is 50.4 Å². The molecule has 8 aromatic carbocycles. The number of carbonyl (C=O) groups excluding carboxylic acids is 2. The molecular formula is C76H65ClF12N4O15S4. The number of oxazole rings is 3. The minimum absolute atomic E-state index is 0. The molecule has 36 heteroatoms. The number of nitrogens with two attached hydrogens (primary N) is 1. The summed E-state index contributed by atoms with van der Waals surface area (Å²) in [6.07, 6.45) is -16.2. The van der Waals surface area contributed by atoms with Gasteiger partial charge in [-0.1, -0.05) is 93.6 Å². The fraction of sp³-hybridized carbons (Fsp3) is 0.171. The van der Waals surface area contributed by atoms with Crippen molar-refractivity contribution in [2.45, 2.75) is 108 Å². The Bertz CT molecular complexity index is 4710. The molecule has 0 saturated carbocycles. The monoisotopic (exact) mass is 1660 g/mol. The van der Waals surface area contributed by atoms with Crippen molar-refractivity contribution in [3.63, 3.8) is 0 Å². The molecule has 3 aromatic heterocycles. The highest BCUT2D eigenvalue weighted by Gasteiger charge is 2.33. The van der Waals surface area contributed by atoms with Gasteiger partial charge in [-0.15, -0.1) is 11.6 Å². The molecule has 1 amide bonds. The Kier molecular flexibility index (Phi) is 36.0. The minimum Gasteiger partial charge on any atom is -0.481 e. The van der Waals surface area contributed by atoms with E-state index >= 15 is 0 Å². The molecule has 594 valence electrons. The Morgan fingerprint density at radius 3 is 0.929 bits per heavy atom. The second-order valence-electron chi connectivity index (χ2n) is 22.8. The highest BCUT2D eigenvalue weighted by molar-refractivity contribution is 8.76. The van der Waals surface area contributed by atoms with Crippen molar-refractivity contribution in [3.05, 3.63) is 268 Å². The van der Waals surface area contributed by atoms with Gasteiger partial charge in [-0.25, -0.2) is 15.0 Å². The Balaban J connectivity index is 0.000000295. The van der Waals surface area contributed by atoms with Gasteiger partial charge in [0.1, 0.15) is 12.0 Å². The van der Waals surface area contributed by atoms with E-state index in [0.29, 0.717) is 61.0 Å². The summed E-state index contributed by atoms with van der Waals surface area (Å²) >= 11 is 7.54. The molecule has 0 aliphatic rings. The molecule has 112 heavy (non-hydrogen) atoms. The largest absolute Gasteiger partial charge is 0.481 e. The number of amides is 1. The van der Waals surface area contributed by atoms with Gasteiger partial charge in [-0.3, -0.25) is 28.8 Å². The third-order valence-corrected chi connectivity index (χ3v) is 18.7. The average molecular weight is 1670 g/mol. The normalized spacial score (nSPS) is 10.9. The van der Waals surface area contributed by atoms with Crippen LogP contribution in [0.3, 0.4) is 0 Å². The lowest BCUT2D eigenvalue weighted by Gasteiger charge is -2.06. The molecule has 11 aromatic rings. The molecule has 0 radical (unpaired) electrons. The van der Waals surface area contributed by atoms with E-state index in [0.717, 1.165) is 91.4 Å². The maximum atomic E-state index is 12.7. The Hall–Kier alpha value is -10.8. The van der Waals surface area contributed by atoms with Crippen molar-refractivity contribution < 1.29 is 126 Å². The first kappa shape index (κ1) is 93.6. The predicted molar refractivity (Wildman–Crippen MR) is 395 cm³/mol. The van der Waals surface area contributed by atoms with E-state index in [-0.39, 0.29) is 65.6 Å². The number of Topliss-reactive ketones (excluding diaryl/α,β-unsaturated/α-hetero) is 1. The summed E-state index contributed by atoms with van der Waals surface area (Å²) in [7, 11) is 3.04. The van der Waals surface area contributed by atoms with E-state index < -0.39 is 76.7 Å². The average Bonchev–Trinajstić information content (AvgIpc) is 1.71. The number of aromatic nitrogens is 3. The van der Waals surface area contributed by atoms with Crippen molar-refractivity contribution >= 4 is 92.3 Å². The van der Waals surface area contributed by atoms with Gasteiger partial charge >= 0.3 is 48.6 Å². The minimum atomic E-state index is -4.40. The van der Waals surface area contributed by atoms with Crippen LogP contribution < -0.4 is 5.73 Å². The van der Waals surface area contributed by atoms with E-state index in [1.54, 1.807) is 69.3 Å². The number of carbonyl (C=O) groups is 6. The van der Waals surface area contributed by atoms with Crippen molar-refractivity contribution in [1.82, 2.24) is 15.0 Å². The molecule has 0 fully saturated rings. The lowest BCUT2D eigenvalue weighted by atomic mass is 10.1. The molecule has 3 heterocycles. The van der Waals surface area contributed by atoms with Crippen LogP contribution in [-0.4, -0.2) is 87.8 Å². The number of aliphatic carboxylic acids is 4. The second kappa shape index (κ2) is 43.1. The molecule has 10 N–H and O–H groups in total. The SMILES string of the molecule is CC(=O)CCl.Cc1coc(-c2ccc(C(F)(F)F)cc2)n1.Cc1nc(-c2ccc(C(F)(F)F)cc2)oc1Sc1cccc(CC(=O)O)c1.Cc1nc(-c2ccc(C(F)(F)F)cc2)oc1Sc1cccc(CC(=O)O)c1.NC(=O)c1ccc(C(F)(F)F)cc1.O.O.O=C(O)Cc1cccc(SSc2cccc(CC(=O)O)c2)c1. The van der Waals surface area contributed by atoms with Crippen molar-refractivity contribution in [3.8, 4) is 34.4 Å². The number of nitrogens with zero attached hydrogens (tertiary/aromatic N) is 3. The van der Waals surface area contributed by atoms with Crippen molar-refractivity contribution in [2.24, 2.45) is 5.73 Å². The number of hydrogen-bond acceptors (Lipinski definition) is 16. The molecule has 0 bridgehead atoms. The number of carboxylic acids is 4. The fourth-order valence-electron chi connectivity index (χ4n) is 8.78. The molecule has 0 aliphatic heterocycles. The van der Waals surface area contributed by atoms with Crippen molar-refractivity contribution in [1.29, 1.82) is 0 Å². The predicted octanol–water partition coefficient (Wildman–Crippen LogP) is 19.3. The first-order chi connectivity index (χ1) is 51.6.